The summed E-state index contributed by atoms with van der Waals surface area (Å²) in [5, 5.41) is -0.135. The molecule has 0 atom stereocenters. The van der Waals surface area contributed by atoms with Crippen molar-refractivity contribution in [3.8, 4) is 5.69 Å². The monoisotopic (exact) mass is 505 g/mol. The molecule has 0 saturated heterocycles. The summed E-state index contributed by atoms with van der Waals surface area (Å²) in [7, 11) is 0. The summed E-state index contributed by atoms with van der Waals surface area (Å²) in [5.74, 6) is -5.23. The van der Waals surface area contributed by atoms with Crippen LogP contribution >= 0.6 is 24.0 Å². The van der Waals surface area contributed by atoms with Crippen molar-refractivity contribution in [3.05, 3.63) is 101 Å². The molecule has 0 aliphatic carbocycles. The van der Waals surface area contributed by atoms with Crippen molar-refractivity contribution in [2.75, 3.05) is 0 Å². The maximum atomic E-state index is 14.8. The lowest BCUT2D eigenvalue weighted by molar-refractivity contribution is -0.248. The van der Waals surface area contributed by atoms with E-state index in [0.717, 1.165) is 0 Å². The molecule has 1 heterocycles. The maximum Gasteiger partial charge on any atom is 0.459 e. The minimum Gasteiger partial charge on any atom is -0.279 e. The van der Waals surface area contributed by atoms with E-state index in [1.54, 1.807) is 66.7 Å². The van der Waals surface area contributed by atoms with Gasteiger partial charge in [-0.25, -0.2) is 9.98 Å². The molecule has 0 aliphatic heterocycles. The Labute approximate surface area is 201 Å². The second-order valence-electron chi connectivity index (χ2n) is 7.02. The minimum atomic E-state index is -5.86. The third-order valence-corrected chi connectivity index (χ3v) is 6.28. The summed E-state index contributed by atoms with van der Waals surface area (Å²) in [6.45, 7) is 0. The summed E-state index contributed by atoms with van der Waals surface area (Å²) >= 11 is 5.03. The normalized spacial score (nSPS) is 13.4. The van der Waals surface area contributed by atoms with Gasteiger partial charge in [0, 0.05) is 5.69 Å². The number of alkyl halides is 5. The smallest absolute Gasteiger partial charge is 0.279 e. The van der Waals surface area contributed by atoms with E-state index in [1.165, 1.54) is 28.8 Å². The molecule has 0 aliphatic rings. The van der Waals surface area contributed by atoms with Crippen LogP contribution in [0, 0.1) is 0 Å². The molecule has 1 aromatic heterocycles. The highest BCUT2D eigenvalue weighted by Crippen LogP contribution is 2.41. The van der Waals surface area contributed by atoms with E-state index in [4.69, 9.17) is 0 Å². The third-order valence-electron chi connectivity index (χ3n) is 4.66. The van der Waals surface area contributed by atoms with Crippen LogP contribution in [0.15, 0.2) is 106 Å². The lowest BCUT2D eigenvalue weighted by atomic mass is 10.1. The highest BCUT2D eigenvalue weighted by atomic mass is 32.1. The first-order valence-electron chi connectivity index (χ1n) is 9.87. The van der Waals surface area contributed by atoms with Gasteiger partial charge >= 0.3 is 12.1 Å². The van der Waals surface area contributed by atoms with Crippen LogP contribution in [-0.4, -0.2) is 22.4 Å². The fraction of sp³-hybridized carbons (Fsp3) is 0.0833. The number of para-hydroxylation sites is 3. The Kier molecular flexibility index (Phi) is 6.72. The van der Waals surface area contributed by atoms with Crippen molar-refractivity contribution in [3.63, 3.8) is 0 Å². The van der Waals surface area contributed by atoms with Crippen molar-refractivity contribution in [1.29, 1.82) is 0 Å². The van der Waals surface area contributed by atoms with Gasteiger partial charge in [0.15, 0.2) is 4.80 Å². The van der Waals surface area contributed by atoms with Crippen molar-refractivity contribution in [2.45, 2.75) is 17.1 Å². The van der Waals surface area contributed by atoms with Crippen LogP contribution in [0.3, 0.4) is 0 Å². The molecule has 10 heteroatoms. The molecule has 0 bridgehead atoms. The summed E-state index contributed by atoms with van der Waals surface area (Å²) in [6, 6.07) is 24.5. The fourth-order valence-electron chi connectivity index (χ4n) is 3.05. The van der Waals surface area contributed by atoms with Gasteiger partial charge in [-0.05, 0) is 36.4 Å². The second-order valence-corrected chi connectivity index (χ2v) is 8.42. The maximum absolute atomic E-state index is 14.8. The predicted octanol–water partition coefficient (Wildman–Crippen LogP) is 7.38. The van der Waals surface area contributed by atoms with Gasteiger partial charge in [-0.15, -0.1) is 12.6 Å². The van der Waals surface area contributed by atoms with Gasteiger partial charge in [0.05, 0.1) is 21.3 Å². The molecule has 0 fully saturated rings. The molecule has 0 amide bonds. The van der Waals surface area contributed by atoms with Gasteiger partial charge in [-0.1, -0.05) is 65.9 Å². The van der Waals surface area contributed by atoms with Crippen molar-refractivity contribution in [2.24, 2.45) is 9.98 Å². The summed E-state index contributed by atoms with van der Waals surface area (Å²) in [4.78, 5) is 7.95. The Morgan fingerprint density at radius 2 is 1.24 bits per heavy atom. The fourth-order valence-corrected chi connectivity index (χ4v) is 4.65. The first-order valence-corrected chi connectivity index (χ1v) is 11.1. The molecule has 34 heavy (non-hydrogen) atoms. The van der Waals surface area contributed by atoms with Gasteiger partial charge in [0.2, 0.25) is 0 Å². The molecule has 3 nitrogen and oxygen atoms in total. The van der Waals surface area contributed by atoms with Crippen molar-refractivity contribution in [1.82, 2.24) is 4.57 Å². The highest BCUT2D eigenvalue weighted by molar-refractivity contribution is 7.80. The predicted molar refractivity (Wildman–Crippen MR) is 126 cm³/mol. The average molecular weight is 506 g/mol. The van der Waals surface area contributed by atoms with E-state index in [0.29, 0.717) is 22.7 Å². The molecule has 4 aromatic rings. The van der Waals surface area contributed by atoms with Gasteiger partial charge in [0.1, 0.15) is 5.71 Å². The van der Waals surface area contributed by atoms with Crippen LogP contribution in [0.5, 0.6) is 0 Å². The third kappa shape index (κ3) is 4.83. The zero-order chi connectivity index (χ0) is 24.3. The van der Waals surface area contributed by atoms with E-state index < -0.39 is 22.7 Å². The molecular weight excluding hydrogens is 489 g/mol. The Bertz CT molecular complexity index is 1360. The lowest BCUT2D eigenvalue weighted by Crippen LogP contribution is -2.44. The van der Waals surface area contributed by atoms with Crippen LogP contribution in [0.2, 0.25) is 0 Å². The number of aliphatic imine (C=N–C) groups is 1. The van der Waals surface area contributed by atoms with Crippen molar-refractivity contribution < 1.29 is 22.0 Å². The molecule has 4 rings (SSSR count). The van der Waals surface area contributed by atoms with E-state index >= 15 is 0 Å². The number of benzene rings is 3. The van der Waals surface area contributed by atoms with E-state index in [2.05, 4.69) is 22.6 Å². The average Bonchev–Trinajstić information content (AvgIpc) is 3.13. The van der Waals surface area contributed by atoms with Crippen molar-refractivity contribution >= 4 is 41.1 Å². The summed E-state index contributed by atoms with van der Waals surface area (Å²) < 4.78 is 71.5. The number of hydrogen-bond acceptors (Lipinski definition) is 4. The standard InChI is InChI=1S/C24H16F5N3S2/c25-23(26,24(27,28)29)20(30-16-10-4-1-5-11-16)19-21(33)32(18-14-8-3-9-15-18)22(34-19)31-17-12-6-2-7-13-17/h1-15,33H. The first-order chi connectivity index (χ1) is 16.2. The van der Waals surface area contributed by atoms with Crippen LogP contribution in [0.1, 0.15) is 4.88 Å². The number of thiazole rings is 1. The van der Waals surface area contributed by atoms with E-state index in [9.17, 15) is 22.0 Å². The minimum absolute atomic E-state index is 0.0460. The number of halogens is 5. The molecular formula is C24H16F5N3S2. The molecule has 174 valence electrons. The van der Waals surface area contributed by atoms with Gasteiger partial charge in [-0.3, -0.25) is 4.57 Å². The zero-order valence-corrected chi connectivity index (χ0v) is 19.0. The van der Waals surface area contributed by atoms with Gasteiger partial charge < -0.3 is 0 Å². The van der Waals surface area contributed by atoms with Crippen LogP contribution in [-0.2, 0) is 0 Å². The first kappa shape index (κ1) is 23.9. The Morgan fingerprint density at radius 1 is 0.735 bits per heavy atom. The zero-order valence-electron chi connectivity index (χ0n) is 17.2. The summed E-state index contributed by atoms with van der Waals surface area (Å²) in [5.41, 5.74) is -0.493. The largest absolute Gasteiger partial charge is 0.459 e. The molecule has 0 N–H and O–H groups in total. The van der Waals surface area contributed by atoms with E-state index in [-0.39, 0.29) is 15.5 Å². The van der Waals surface area contributed by atoms with E-state index in [1.807, 2.05) is 0 Å². The quantitative estimate of drug-likeness (QED) is 0.167. The molecule has 0 unspecified atom stereocenters. The molecule has 3 aromatic carbocycles. The lowest BCUT2D eigenvalue weighted by Gasteiger charge is -2.21. The Hall–Kier alpha value is -3.24. The molecule has 0 radical (unpaired) electrons. The SMILES string of the molecule is FC(F)(F)C(F)(F)C(=Nc1ccccc1)c1sc(=Nc2ccccc2)n(-c2ccccc2)c1S. The van der Waals surface area contributed by atoms with Crippen LogP contribution < -0.4 is 4.80 Å². The Morgan fingerprint density at radius 3 is 1.76 bits per heavy atom. The second kappa shape index (κ2) is 9.55. The number of nitrogens with zero attached hydrogens (tertiary/aromatic N) is 3. The Balaban J connectivity index is 2.03. The van der Waals surface area contributed by atoms with Gasteiger partial charge in [-0.2, -0.15) is 22.0 Å². The number of hydrogen-bond donors (Lipinski definition) is 1. The van der Waals surface area contributed by atoms with Crippen LogP contribution in [0.25, 0.3) is 5.69 Å². The topological polar surface area (TPSA) is 29.6 Å². The highest BCUT2D eigenvalue weighted by Gasteiger charge is 2.62. The number of thiol groups is 1. The van der Waals surface area contributed by atoms with Gasteiger partial charge in [0.25, 0.3) is 0 Å². The molecule has 0 spiro atoms. The number of aromatic nitrogens is 1. The van der Waals surface area contributed by atoms with Crippen LogP contribution in [0.4, 0.5) is 33.3 Å². The number of rotatable bonds is 5. The molecule has 0 saturated carbocycles. The summed E-state index contributed by atoms with van der Waals surface area (Å²) in [6.07, 6.45) is -5.86.